The molecule has 0 bridgehead atoms. The molecule has 0 spiro atoms. The molecule has 2 aromatic heterocycles. The van der Waals surface area contributed by atoms with E-state index in [1.165, 1.54) is 5.56 Å². The van der Waals surface area contributed by atoms with Gasteiger partial charge < -0.3 is 4.74 Å². The Kier molecular flexibility index (Phi) is 3.87. The monoisotopic (exact) mass is 275 g/mol. The molecule has 1 aliphatic rings. The molecule has 2 aromatic rings. The Morgan fingerprint density at radius 3 is 3.00 bits per heavy atom. The third kappa shape index (κ3) is 3.00. The van der Waals surface area contributed by atoms with Crippen molar-refractivity contribution < 1.29 is 4.74 Å². The van der Waals surface area contributed by atoms with Gasteiger partial charge in [0, 0.05) is 30.9 Å². The lowest BCUT2D eigenvalue weighted by atomic mass is 10.1. The minimum atomic E-state index is 0.270. The quantitative estimate of drug-likeness (QED) is 0.862. The molecular weight excluding hydrogens is 258 g/mol. The van der Waals surface area contributed by atoms with Crippen molar-refractivity contribution in [3.8, 4) is 0 Å². The second-order valence-electron chi connectivity index (χ2n) is 4.71. The van der Waals surface area contributed by atoms with E-state index in [4.69, 9.17) is 4.74 Å². The highest BCUT2D eigenvalue weighted by molar-refractivity contribution is 7.09. The fourth-order valence-corrected chi connectivity index (χ4v) is 3.01. The van der Waals surface area contributed by atoms with Crippen LogP contribution in [0.25, 0.3) is 0 Å². The summed E-state index contributed by atoms with van der Waals surface area (Å²) < 4.78 is 5.62. The van der Waals surface area contributed by atoms with Crippen LogP contribution in [-0.4, -0.2) is 34.6 Å². The van der Waals surface area contributed by atoms with Crippen molar-refractivity contribution in [3.63, 3.8) is 0 Å². The molecule has 19 heavy (non-hydrogen) atoms. The second kappa shape index (κ2) is 5.77. The summed E-state index contributed by atoms with van der Waals surface area (Å²) in [6.45, 7) is 5.45. The molecule has 1 aliphatic heterocycles. The highest BCUT2D eigenvalue weighted by Crippen LogP contribution is 2.26. The number of hydrogen-bond acceptors (Lipinski definition) is 5. The maximum atomic E-state index is 5.62. The lowest BCUT2D eigenvalue weighted by Crippen LogP contribution is -2.39. The Hall–Kier alpha value is -1.30. The Bertz CT molecular complexity index is 528. The van der Waals surface area contributed by atoms with Gasteiger partial charge in [-0.2, -0.15) is 0 Å². The molecule has 5 heteroatoms. The third-order valence-electron chi connectivity index (χ3n) is 3.35. The zero-order chi connectivity index (χ0) is 13.1. The lowest BCUT2D eigenvalue weighted by molar-refractivity contribution is -0.0140. The summed E-state index contributed by atoms with van der Waals surface area (Å²) in [7, 11) is 0. The van der Waals surface area contributed by atoms with Gasteiger partial charge in [-0.3, -0.25) is 9.88 Å². The lowest BCUT2D eigenvalue weighted by Gasteiger charge is -2.34. The summed E-state index contributed by atoms with van der Waals surface area (Å²) in [6, 6.07) is 4.41. The fourth-order valence-electron chi connectivity index (χ4n) is 2.36. The molecule has 1 atom stereocenters. The van der Waals surface area contributed by atoms with Crippen LogP contribution < -0.4 is 0 Å². The summed E-state index contributed by atoms with van der Waals surface area (Å²) in [4.78, 5) is 11.1. The average molecular weight is 275 g/mol. The normalized spacial score (nSPS) is 20.6. The van der Waals surface area contributed by atoms with Gasteiger partial charge in [0.2, 0.25) is 0 Å². The summed E-state index contributed by atoms with van der Waals surface area (Å²) in [5.41, 5.74) is 2.42. The average Bonchev–Trinajstić information content (AvgIpc) is 2.87. The van der Waals surface area contributed by atoms with E-state index in [2.05, 4.69) is 32.4 Å². The molecule has 4 nitrogen and oxygen atoms in total. The maximum Gasteiger partial charge on any atom is 0.0898 e. The zero-order valence-electron chi connectivity index (χ0n) is 11.0. The van der Waals surface area contributed by atoms with E-state index in [-0.39, 0.29) is 6.04 Å². The molecule has 100 valence electrons. The second-order valence-corrected chi connectivity index (χ2v) is 5.77. The van der Waals surface area contributed by atoms with Gasteiger partial charge in [-0.15, -0.1) is 11.3 Å². The predicted octanol–water partition coefficient (Wildman–Crippen LogP) is 2.42. The summed E-state index contributed by atoms with van der Waals surface area (Å²) >= 11 is 1.70. The van der Waals surface area contributed by atoms with E-state index in [1.54, 1.807) is 11.3 Å². The molecule has 0 unspecified atom stereocenters. The van der Waals surface area contributed by atoms with Crippen molar-refractivity contribution in [2.24, 2.45) is 0 Å². The number of aromatic nitrogens is 2. The highest BCUT2D eigenvalue weighted by Gasteiger charge is 2.26. The summed E-state index contributed by atoms with van der Waals surface area (Å²) in [5.74, 6) is 0. The van der Waals surface area contributed by atoms with Crippen LogP contribution in [0.3, 0.4) is 0 Å². The summed E-state index contributed by atoms with van der Waals surface area (Å²) in [6.07, 6.45) is 3.69. The number of rotatable bonds is 3. The van der Waals surface area contributed by atoms with Crippen molar-refractivity contribution in [3.05, 3.63) is 46.2 Å². The number of morpholine rings is 1. The maximum absolute atomic E-state index is 5.62. The van der Waals surface area contributed by atoms with Gasteiger partial charge in [-0.25, -0.2) is 4.98 Å². The zero-order valence-corrected chi connectivity index (χ0v) is 11.8. The Labute approximate surface area is 117 Å². The van der Waals surface area contributed by atoms with Crippen molar-refractivity contribution in [1.29, 1.82) is 0 Å². The van der Waals surface area contributed by atoms with E-state index < -0.39 is 0 Å². The van der Waals surface area contributed by atoms with Crippen molar-refractivity contribution in [2.45, 2.75) is 19.5 Å². The van der Waals surface area contributed by atoms with E-state index in [0.717, 1.165) is 37.0 Å². The highest BCUT2D eigenvalue weighted by atomic mass is 32.1. The number of ether oxygens (including phenoxy) is 1. The van der Waals surface area contributed by atoms with Crippen LogP contribution in [0.4, 0.5) is 0 Å². The molecule has 0 amide bonds. The first kappa shape index (κ1) is 12.7. The van der Waals surface area contributed by atoms with Crippen LogP contribution in [0.5, 0.6) is 0 Å². The first-order valence-electron chi connectivity index (χ1n) is 6.45. The molecule has 0 saturated carbocycles. The van der Waals surface area contributed by atoms with Crippen LogP contribution in [0.1, 0.15) is 22.3 Å². The first-order chi connectivity index (χ1) is 9.33. The van der Waals surface area contributed by atoms with Gasteiger partial charge in [0.1, 0.15) is 0 Å². The van der Waals surface area contributed by atoms with Gasteiger partial charge in [0.05, 0.1) is 30.0 Å². The topological polar surface area (TPSA) is 38.2 Å². The van der Waals surface area contributed by atoms with Crippen LogP contribution >= 0.6 is 11.3 Å². The smallest absolute Gasteiger partial charge is 0.0898 e. The van der Waals surface area contributed by atoms with Crippen LogP contribution in [0.2, 0.25) is 0 Å². The van der Waals surface area contributed by atoms with E-state index in [1.807, 2.05) is 19.3 Å². The minimum absolute atomic E-state index is 0.270. The van der Waals surface area contributed by atoms with Gasteiger partial charge in [-0.05, 0) is 24.6 Å². The molecule has 0 aliphatic carbocycles. The van der Waals surface area contributed by atoms with Gasteiger partial charge in [0.15, 0.2) is 0 Å². The van der Waals surface area contributed by atoms with Crippen molar-refractivity contribution in [1.82, 2.24) is 14.9 Å². The number of aryl methyl sites for hydroxylation is 1. The number of hydrogen-bond donors (Lipinski definition) is 0. The summed E-state index contributed by atoms with van der Waals surface area (Å²) in [5, 5.41) is 3.26. The molecule has 1 saturated heterocycles. The third-order valence-corrected chi connectivity index (χ3v) is 4.14. The SMILES string of the molecule is Cc1nc([C@H]2COCCN2Cc2ccncc2)cs1. The van der Waals surface area contributed by atoms with Crippen LogP contribution in [0, 0.1) is 6.92 Å². The molecule has 0 radical (unpaired) electrons. The van der Waals surface area contributed by atoms with Gasteiger partial charge >= 0.3 is 0 Å². The number of pyridine rings is 1. The fraction of sp³-hybridized carbons (Fsp3) is 0.429. The largest absolute Gasteiger partial charge is 0.378 e. The predicted molar refractivity (Wildman–Crippen MR) is 75.1 cm³/mol. The van der Waals surface area contributed by atoms with Crippen molar-refractivity contribution in [2.75, 3.05) is 19.8 Å². The minimum Gasteiger partial charge on any atom is -0.378 e. The van der Waals surface area contributed by atoms with E-state index in [9.17, 15) is 0 Å². The van der Waals surface area contributed by atoms with Crippen LogP contribution in [0.15, 0.2) is 29.9 Å². The Morgan fingerprint density at radius 1 is 1.42 bits per heavy atom. The molecule has 3 rings (SSSR count). The van der Waals surface area contributed by atoms with Crippen LogP contribution in [-0.2, 0) is 11.3 Å². The van der Waals surface area contributed by atoms with E-state index in [0.29, 0.717) is 0 Å². The standard InChI is InChI=1S/C14H17N3OS/c1-11-16-13(10-19-11)14-9-18-7-6-17(14)8-12-2-4-15-5-3-12/h2-5,10,14H,6-9H2,1H3/t14-/m1/s1. The van der Waals surface area contributed by atoms with Gasteiger partial charge in [0.25, 0.3) is 0 Å². The first-order valence-corrected chi connectivity index (χ1v) is 7.33. The van der Waals surface area contributed by atoms with Gasteiger partial charge in [-0.1, -0.05) is 0 Å². The molecule has 0 aromatic carbocycles. The molecule has 0 N–H and O–H groups in total. The number of thiazole rings is 1. The molecule has 3 heterocycles. The Balaban J connectivity index is 1.77. The Morgan fingerprint density at radius 2 is 2.26 bits per heavy atom. The van der Waals surface area contributed by atoms with E-state index >= 15 is 0 Å². The number of nitrogens with zero attached hydrogens (tertiary/aromatic N) is 3. The molecular formula is C14H17N3OS. The molecule has 1 fully saturated rings. The van der Waals surface area contributed by atoms with Crippen molar-refractivity contribution >= 4 is 11.3 Å².